The Morgan fingerprint density at radius 2 is 2.00 bits per heavy atom. The molecule has 0 N–H and O–H groups in total. The molecule has 1 aliphatic heterocycles. The van der Waals surface area contributed by atoms with Crippen molar-refractivity contribution in [1.29, 1.82) is 0 Å². The van der Waals surface area contributed by atoms with Gasteiger partial charge in [0.05, 0.1) is 6.61 Å². The largest absolute Gasteiger partial charge is 0.380 e. The average molecular weight is 197 g/mol. The fraction of sp³-hybridized carbons (Fsp3) is 1.00. The van der Waals surface area contributed by atoms with E-state index in [1.165, 1.54) is 19.3 Å². The monoisotopic (exact) mass is 197 g/mol. The van der Waals surface area contributed by atoms with E-state index < -0.39 is 0 Å². The summed E-state index contributed by atoms with van der Waals surface area (Å²) in [5.74, 6) is 0.937. The molecule has 0 bridgehead atoms. The van der Waals surface area contributed by atoms with Gasteiger partial charge in [-0.25, -0.2) is 0 Å². The highest BCUT2D eigenvalue weighted by atomic mass is 16.5. The maximum absolute atomic E-state index is 5.61. The summed E-state index contributed by atoms with van der Waals surface area (Å²) in [5.41, 5.74) is 0.421. The fourth-order valence-corrected chi connectivity index (χ4v) is 2.93. The van der Waals surface area contributed by atoms with E-state index in [9.17, 15) is 0 Å². The van der Waals surface area contributed by atoms with Crippen LogP contribution in [-0.2, 0) is 4.74 Å². The molecule has 2 fully saturated rings. The van der Waals surface area contributed by atoms with Gasteiger partial charge in [0.1, 0.15) is 0 Å². The summed E-state index contributed by atoms with van der Waals surface area (Å²) in [6.45, 7) is 10.1. The Morgan fingerprint density at radius 3 is 2.57 bits per heavy atom. The van der Waals surface area contributed by atoms with Gasteiger partial charge in [-0.1, -0.05) is 0 Å². The third-order valence-corrected chi connectivity index (χ3v) is 3.97. The van der Waals surface area contributed by atoms with Crippen LogP contribution in [0.25, 0.3) is 0 Å². The molecule has 0 radical (unpaired) electrons. The molecule has 0 aromatic carbocycles. The summed E-state index contributed by atoms with van der Waals surface area (Å²) in [5, 5.41) is 0. The summed E-state index contributed by atoms with van der Waals surface area (Å²) in [6.07, 6.45) is 4.08. The maximum atomic E-state index is 5.61. The van der Waals surface area contributed by atoms with Crippen LogP contribution in [0.2, 0.25) is 0 Å². The minimum Gasteiger partial charge on any atom is -0.380 e. The highest BCUT2D eigenvalue weighted by molar-refractivity contribution is 5.01. The lowest BCUT2D eigenvalue weighted by Crippen LogP contribution is -2.51. The van der Waals surface area contributed by atoms with Crippen LogP contribution in [-0.4, -0.2) is 36.2 Å². The third kappa shape index (κ3) is 1.82. The molecule has 2 heteroatoms. The summed E-state index contributed by atoms with van der Waals surface area (Å²) in [4.78, 5) is 2.66. The molecule has 1 saturated carbocycles. The van der Waals surface area contributed by atoms with Gasteiger partial charge in [0.15, 0.2) is 0 Å². The lowest BCUT2D eigenvalue weighted by atomic mass is 9.89. The van der Waals surface area contributed by atoms with Crippen molar-refractivity contribution in [2.45, 2.75) is 51.6 Å². The number of hydrogen-bond acceptors (Lipinski definition) is 2. The van der Waals surface area contributed by atoms with Gasteiger partial charge >= 0.3 is 0 Å². The zero-order valence-corrected chi connectivity index (χ0v) is 9.75. The first-order chi connectivity index (χ1) is 6.64. The molecule has 14 heavy (non-hydrogen) atoms. The van der Waals surface area contributed by atoms with E-state index in [4.69, 9.17) is 4.74 Å². The van der Waals surface area contributed by atoms with E-state index in [2.05, 4.69) is 25.7 Å². The van der Waals surface area contributed by atoms with Gasteiger partial charge in [0, 0.05) is 24.7 Å². The Labute approximate surface area is 87.6 Å². The van der Waals surface area contributed by atoms with Crippen LogP contribution < -0.4 is 0 Å². The highest BCUT2D eigenvalue weighted by Gasteiger charge is 2.46. The second kappa shape index (κ2) is 3.82. The molecule has 82 valence electrons. The van der Waals surface area contributed by atoms with Crippen LogP contribution in [0.15, 0.2) is 0 Å². The smallest absolute Gasteiger partial charge is 0.0593 e. The Kier molecular flexibility index (Phi) is 2.85. The summed E-state index contributed by atoms with van der Waals surface area (Å²) < 4.78 is 5.61. The highest BCUT2D eigenvalue weighted by Crippen LogP contribution is 2.46. The first kappa shape index (κ1) is 10.4. The number of ether oxygens (including phenoxy) is 1. The number of rotatable bonds is 2. The molecule has 1 atom stereocenters. The first-order valence-electron chi connectivity index (χ1n) is 5.99. The SMILES string of the molecule is CC(C)N1CCOCCC1(C)C1CC1. The Hall–Kier alpha value is -0.0800. The van der Waals surface area contributed by atoms with Gasteiger partial charge in [0.2, 0.25) is 0 Å². The number of hydrogen-bond donors (Lipinski definition) is 0. The minimum atomic E-state index is 0.421. The van der Waals surface area contributed by atoms with Gasteiger partial charge < -0.3 is 4.74 Å². The van der Waals surface area contributed by atoms with E-state index in [1.807, 2.05) is 0 Å². The molecule has 2 rings (SSSR count). The van der Waals surface area contributed by atoms with Crippen molar-refractivity contribution in [3.63, 3.8) is 0 Å². The van der Waals surface area contributed by atoms with Crippen molar-refractivity contribution in [3.8, 4) is 0 Å². The lowest BCUT2D eigenvalue weighted by molar-refractivity contribution is 0.0571. The summed E-state index contributed by atoms with van der Waals surface area (Å²) in [6, 6.07) is 0.655. The first-order valence-corrected chi connectivity index (χ1v) is 5.99. The summed E-state index contributed by atoms with van der Waals surface area (Å²) >= 11 is 0. The average Bonchev–Trinajstić information content (AvgIpc) is 2.87. The molecule has 1 unspecified atom stereocenters. The molecule has 0 spiro atoms. The zero-order valence-electron chi connectivity index (χ0n) is 9.75. The number of nitrogens with zero attached hydrogens (tertiary/aromatic N) is 1. The predicted molar refractivity (Wildman–Crippen MR) is 58.4 cm³/mol. The van der Waals surface area contributed by atoms with Gasteiger partial charge in [0.25, 0.3) is 0 Å². The zero-order chi connectivity index (χ0) is 10.2. The van der Waals surface area contributed by atoms with Crippen molar-refractivity contribution in [1.82, 2.24) is 4.90 Å². The molecule has 1 aliphatic carbocycles. The van der Waals surface area contributed by atoms with E-state index in [0.717, 1.165) is 25.7 Å². The lowest BCUT2D eigenvalue weighted by Gasteiger charge is -2.43. The quantitative estimate of drug-likeness (QED) is 0.673. The van der Waals surface area contributed by atoms with E-state index in [0.29, 0.717) is 11.6 Å². The molecular weight excluding hydrogens is 174 g/mol. The molecule has 1 saturated heterocycles. The fourth-order valence-electron chi connectivity index (χ4n) is 2.93. The van der Waals surface area contributed by atoms with Crippen LogP contribution in [0.3, 0.4) is 0 Å². The minimum absolute atomic E-state index is 0.421. The Morgan fingerprint density at radius 1 is 1.29 bits per heavy atom. The van der Waals surface area contributed by atoms with Gasteiger partial charge in [-0.3, -0.25) is 4.90 Å². The molecule has 1 heterocycles. The Balaban J connectivity index is 2.14. The molecule has 0 aromatic rings. The van der Waals surface area contributed by atoms with Crippen LogP contribution in [0.4, 0.5) is 0 Å². The van der Waals surface area contributed by atoms with Gasteiger partial charge in [-0.05, 0) is 46.0 Å². The van der Waals surface area contributed by atoms with E-state index in [1.54, 1.807) is 0 Å². The molecule has 2 nitrogen and oxygen atoms in total. The van der Waals surface area contributed by atoms with Crippen molar-refractivity contribution in [2.24, 2.45) is 5.92 Å². The van der Waals surface area contributed by atoms with Crippen LogP contribution in [0.1, 0.15) is 40.0 Å². The summed E-state index contributed by atoms with van der Waals surface area (Å²) in [7, 11) is 0. The van der Waals surface area contributed by atoms with Crippen LogP contribution >= 0.6 is 0 Å². The molecule has 2 aliphatic rings. The normalized spacial score (nSPS) is 36.0. The van der Waals surface area contributed by atoms with E-state index in [-0.39, 0.29) is 0 Å². The molecular formula is C12H23NO. The van der Waals surface area contributed by atoms with E-state index >= 15 is 0 Å². The molecule has 0 amide bonds. The maximum Gasteiger partial charge on any atom is 0.0593 e. The van der Waals surface area contributed by atoms with Crippen LogP contribution in [0, 0.1) is 5.92 Å². The Bertz CT molecular complexity index is 200. The molecule has 0 aromatic heterocycles. The van der Waals surface area contributed by atoms with Crippen molar-refractivity contribution in [3.05, 3.63) is 0 Å². The second-order valence-electron chi connectivity index (χ2n) is 5.28. The second-order valence-corrected chi connectivity index (χ2v) is 5.28. The third-order valence-electron chi connectivity index (χ3n) is 3.97. The van der Waals surface area contributed by atoms with Gasteiger partial charge in [-0.15, -0.1) is 0 Å². The standard InChI is InChI=1S/C12H23NO/c1-10(2)13-7-9-14-8-6-12(13,3)11-4-5-11/h10-11H,4-9H2,1-3H3. The topological polar surface area (TPSA) is 12.5 Å². The van der Waals surface area contributed by atoms with Crippen molar-refractivity contribution < 1.29 is 4.74 Å². The van der Waals surface area contributed by atoms with Crippen molar-refractivity contribution >= 4 is 0 Å². The van der Waals surface area contributed by atoms with Gasteiger partial charge in [-0.2, -0.15) is 0 Å². The predicted octanol–water partition coefficient (Wildman–Crippen LogP) is 2.29. The van der Waals surface area contributed by atoms with Crippen molar-refractivity contribution in [2.75, 3.05) is 19.8 Å². The van der Waals surface area contributed by atoms with Crippen LogP contribution in [0.5, 0.6) is 0 Å².